The van der Waals surface area contributed by atoms with E-state index in [0.717, 1.165) is 25.0 Å². The molecule has 1 saturated heterocycles. The molecule has 10 heteroatoms. The van der Waals surface area contributed by atoms with Gasteiger partial charge in [0.05, 0.1) is 36.8 Å². The Morgan fingerprint density at radius 2 is 1.79 bits per heavy atom. The maximum Gasteiger partial charge on any atom is 0.229 e. The van der Waals surface area contributed by atoms with E-state index in [2.05, 4.69) is 30.2 Å². The Balaban J connectivity index is 1.45. The Morgan fingerprint density at radius 1 is 1.00 bits per heavy atom. The second-order valence-electron chi connectivity index (χ2n) is 8.46. The first-order valence-electron chi connectivity index (χ1n) is 11.2. The van der Waals surface area contributed by atoms with Crippen LogP contribution in [0.5, 0.6) is 0 Å². The molecule has 3 aromatic heterocycles. The fourth-order valence-corrected chi connectivity index (χ4v) is 4.27. The molecule has 1 aliphatic rings. The van der Waals surface area contributed by atoms with Gasteiger partial charge >= 0.3 is 0 Å². The number of hydrogen-bond donors (Lipinski definition) is 1. The number of halogens is 2. The summed E-state index contributed by atoms with van der Waals surface area (Å²) in [5.74, 6) is 0.204. The maximum absolute atomic E-state index is 14.9. The van der Waals surface area contributed by atoms with Gasteiger partial charge in [-0.3, -0.25) is 0 Å². The zero-order chi connectivity index (χ0) is 23.8. The van der Waals surface area contributed by atoms with Crippen molar-refractivity contribution in [1.29, 1.82) is 0 Å². The third-order valence-electron chi connectivity index (χ3n) is 5.82. The van der Waals surface area contributed by atoms with Gasteiger partial charge in [0.15, 0.2) is 11.6 Å². The summed E-state index contributed by atoms with van der Waals surface area (Å²) in [6.45, 7) is 8.81. The van der Waals surface area contributed by atoms with Crippen molar-refractivity contribution >= 4 is 28.5 Å². The van der Waals surface area contributed by atoms with Crippen LogP contribution >= 0.6 is 0 Å². The number of anilines is 3. The minimum atomic E-state index is -0.646. The predicted molar refractivity (Wildman–Crippen MR) is 126 cm³/mol. The number of fused-ring (bicyclic) bond motifs is 1. The molecule has 176 valence electrons. The lowest BCUT2D eigenvalue weighted by Crippen LogP contribution is -2.36. The fourth-order valence-electron chi connectivity index (χ4n) is 4.27. The Hall–Kier alpha value is -3.66. The van der Waals surface area contributed by atoms with Crippen molar-refractivity contribution in [3.63, 3.8) is 0 Å². The highest BCUT2D eigenvalue weighted by atomic mass is 19.1. The van der Waals surface area contributed by atoms with Crippen LogP contribution in [0.2, 0.25) is 0 Å². The molecular formula is C24H25F2N7O. The van der Waals surface area contributed by atoms with E-state index in [9.17, 15) is 8.78 Å². The molecule has 8 nitrogen and oxygen atoms in total. The molecule has 1 aromatic carbocycles. The van der Waals surface area contributed by atoms with Crippen LogP contribution in [0, 0.1) is 18.6 Å². The number of hydrogen-bond acceptors (Lipinski definition) is 7. The standard InChI is InChI=1S/C24H25F2N7O/c1-14(2)33-15(3)29-23-18(25)10-16(11-20(23)33)22-19(26)13-28-24(31-22)30-21-5-4-17(12-27-21)32-6-8-34-9-7-32/h4-5,10-14H,6-9H2,1-3H3,(H,27,28,30,31). The highest BCUT2D eigenvalue weighted by Gasteiger charge is 2.18. The van der Waals surface area contributed by atoms with Crippen molar-refractivity contribution in [3.05, 3.63) is 54.1 Å². The van der Waals surface area contributed by atoms with Crippen molar-refractivity contribution in [2.24, 2.45) is 0 Å². The van der Waals surface area contributed by atoms with Crippen LogP contribution in [-0.4, -0.2) is 50.8 Å². The molecular weight excluding hydrogens is 440 g/mol. The van der Waals surface area contributed by atoms with Crippen molar-refractivity contribution in [1.82, 2.24) is 24.5 Å². The van der Waals surface area contributed by atoms with Gasteiger partial charge in [-0.1, -0.05) is 0 Å². The third-order valence-corrected chi connectivity index (χ3v) is 5.82. The number of nitrogens with zero attached hydrogens (tertiary/aromatic N) is 6. The summed E-state index contributed by atoms with van der Waals surface area (Å²) in [6.07, 6.45) is 2.83. The number of benzene rings is 1. The van der Waals surface area contributed by atoms with Gasteiger partial charge < -0.3 is 19.5 Å². The van der Waals surface area contributed by atoms with Gasteiger partial charge in [0.2, 0.25) is 5.95 Å². The molecule has 0 spiro atoms. The SMILES string of the molecule is Cc1nc2c(F)cc(-c3nc(Nc4ccc(N5CCOCC5)cn4)ncc3F)cc2n1C(C)C. The molecule has 1 N–H and O–H groups in total. The highest BCUT2D eigenvalue weighted by molar-refractivity contribution is 5.83. The van der Waals surface area contributed by atoms with E-state index in [-0.39, 0.29) is 23.2 Å². The molecule has 1 aliphatic heterocycles. The van der Waals surface area contributed by atoms with E-state index in [1.807, 2.05) is 37.5 Å². The molecule has 34 heavy (non-hydrogen) atoms. The Bertz CT molecular complexity index is 1330. The topological polar surface area (TPSA) is 81.0 Å². The lowest BCUT2D eigenvalue weighted by Gasteiger charge is -2.28. The van der Waals surface area contributed by atoms with Crippen molar-refractivity contribution < 1.29 is 13.5 Å². The Labute approximate surface area is 195 Å². The van der Waals surface area contributed by atoms with E-state index in [1.54, 1.807) is 12.3 Å². The number of ether oxygens (including phenoxy) is 1. The van der Waals surface area contributed by atoms with Crippen LogP contribution in [-0.2, 0) is 4.74 Å². The van der Waals surface area contributed by atoms with Gasteiger partial charge in [-0.15, -0.1) is 0 Å². The van der Waals surface area contributed by atoms with E-state index in [1.165, 1.54) is 6.07 Å². The maximum atomic E-state index is 14.9. The molecule has 4 aromatic rings. The van der Waals surface area contributed by atoms with E-state index in [0.29, 0.717) is 35.9 Å². The first kappa shape index (κ1) is 22.1. The van der Waals surface area contributed by atoms with Crippen molar-refractivity contribution in [2.75, 3.05) is 36.5 Å². The quantitative estimate of drug-likeness (QED) is 0.460. The molecule has 0 saturated carbocycles. The monoisotopic (exact) mass is 465 g/mol. The lowest BCUT2D eigenvalue weighted by molar-refractivity contribution is 0.122. The van der Waals surface area contributed by atoms with Gasteiger partial charge in [0, 0.05) is 24.7 Å². The van der Waals surface area contributed by atoms with Crippen LogP contribution < -0.4 is 10.2 Å². The molecule has 0 unspecified atom stereocenters. The van der Waals surface area contributed by atoms with E-state index < -0.39 is 11.6 Å². The molecule has 5 rings (SSSR count). The predicted octanol–water partition coefficient (Wildman–Crippen LogP) is 4.64. The van der Waals surface area contributed by atoms with Crippen LogP contribution in [0.1, 0.15) is 25.7 Å². The summed E-state index contributed by atoms with van der Waals surface area (Å²) < 4.78 is 36.9. The van der Waals surface area contributed by atoms with Gasteiger partial charge in [-0.2, -0.15) is 0 Å². The van der Waals surface area contributed by atoms with Crippen LogP contribution in [0.4, 0.5) is 26.2 Å². The number of rotatable bonds is 5. The van der Waals surface area contributed by atoms with Crippen LogP contribution in [0.25, 0.3) is 22.3 Å². The first-order valence-corrected chi connectivity index (χ1v) is 11.2. The second kappa shape index (κ2) is 8.94. The minimum absolute atomic E-state index is 0.00241. The zero-order valence-corrected chi connectivity index (χ0v) is 19.2. The molecule has 0 radical (unpaired) electrons. The van der Waals surface area contributed by atoms with E-state index >= 15 is 0 Å². The third kappa shape index (κ3) is 4.16. The highest BCUT2D eigenvalue weighted by Crippen LogP contribution is 2.30. The fraction of sp³-hybridized carbons (Fsp3) is 0.333. The normalized spacial score (nSPS) is 14.2. The molecule has 4 heterocycles. The van der Waals surface area contributed by atoms with E-state index in [4.69, 9.17) is 4.74 Å². The number of nitrogens with one attached hydrogen (secondary N) is 1. The zero-order valence-electron chi connectivity index (χ0n) is 19.2. The summed E-state index contributed by atoms with van der Waals surface area (Å²) in [5.41, 5.74) is 2.15. The first-order chi connectivity index (χ1) is 16.4. The smallest absolute Gasteiger partial charge is 0.229 e. The Morgan fingerprint density at radius 3 is 2.50 bits per heavy atom. The minimum Gasteiger partial charge on any atom is -0.378 e. The summed E-state index contributed by atoms with van der Waals surface area (Å²) in [4.78, 5) is 19.3. The summed E-state index contributed by atoms with van der Waals surface area (Å²) in [7, 11) is 0. The lowest BCUT2D eigenvalue weighted by atomic mass is 10.1. The number of aromatic nitrogens is 5. The summed E-state index contributed by atoms with van der Waals surface area (Å²) in [6, 6.07) is 6.79. The Kier molecular flexibility index (Phi) is 5.82. The van der Waals surface area contributed by atoms with Crippen molar-refractivity contribution in [3.8, 4) is 11.3 Å². The molecule has 0 atom stereocenters. The number of morpholine rings is 1. The number of pyridine rings is 1. The van der Waals surface area contributed by atoms with Crippen LogP contribution in [0.15, 0.2) is 36.7 Å². The molecule has 0 aliphatic carbocycles. The van der Waals surface area contributed by atoms with Gasteiger partial charge in [-0.25, -0.2) is 28.7 Å². The largest absolute Gasteiger partial charge is 0.378 e. The van der Waals surface area contributed by atoms with Gasteiger partial charge in [0.1, 0.15) is 22.9 Å². The number of aryl methyl sites for hydroxylation is 1. The molecule has 1 fully saturated rings. The number of imidazole rings is 1. The summed E-state index contributed by atoms with van der Waals surface area (Å²) >= 11 is 0. The molecule has 0 amide bonds. The van der Waals surface area contributed by atoms with Crippen molar-refractivity contribution in [2.45, 2.75) is 26.8 Å². The molecule has 0 bridgehead atoms. The van der Waals surface area contributed by atoms with Gasteiger partial charge in [-0.05, 0) is 45.0 Å². The second-order valence-corrected chi connectivity index (χ2v) is 8.46. The average molecular weight is 466 g/mol. The average Bonchev–Trinajstić information content (AvgIpc) is 3.18. The van der Waals surface area contributed by atoms with Crippen LogP contribution in [0.3, 0.4) is 0 Å². The summed E-state index contributed by atoms with van der Waals surface area (Å²) in [5, 5.41) is 3.00. The van der Waals surface area contributed by atoms with Gasteiger partial charge in [0.25, 0.3) is 0 Å².